The van der Waals surface area contributed by atoms with Crippen LogP contribution in [-0.4, -0.2) is 43.8 Å². The van der Waals surface area contributed by atoms with Gasteiger partial charge in [-0.2, -0.15) is 0 Å². The third-order valence-corrected chi connectivity index (χ3v) is 8.22. The number of aliphatic hydroxyl groups excluding tert-OH is 1. The van der Waals surface area contributed by atoms with Crippen LogP contribution in [-0.2, 0) is 4.79 Å². The number of aromatic amines is 1. The molecule has 1 saturated carbocycles. The maximum absolute atomic E-state index is 13.7. The number of aromatic nitrogens is 3. The zero-order chi connectivity index (χ0) is 29.5. The summed E-state index contributed by atoms with van der Waals surface area (Å²) < 4.78 is 5.86. The SMILES string of the molecule is CC(O)CCCCC(=O)CC1CCC(Nc2ncnc3[nH]cc(C(=O)c4ccc(Oc5ccccc5)cc4Cl)c23)CC1. The summed E-state index contributed by atoms with van der Waals surface area (Å²) in [5.74, 6) is 2.33. The Morgan fingerprint density at radius 1 is 1.05 bits per heavy atom. The zero-order valence-electron chi connectivity index (χ0n) is 23.8. The number of carbonyl (C=O) groups is 2. The number of nitrogens with zero attached hydrogens (tertiary/aromatic N) is 2. The van der Waals surface area contributed by atoms with Crippen molar-refractivity contribution in [1.82, 2.24) is 15.0 Å². The summed E-state index contributed by atoms with van der Waals surface area (Å²) in [6, 6.07) is 14.6. The fourth-order valence-electron chi connectivity index (χ4n) is 5.65. The number of Topliss-reactive ketones (excluding diaryl/α,β-unsaturated/α-hetero) is 1. The molecule has 8 nitrogen and oxygen atoms in total. The lowest BCUT2D eigenvalue weighted by Crippen LogP contribution is -2.27. The van der Waals surface area contributed by atoms with Gasteiger partial charge in [-0.25, -0.2) is 9.97 Å². The predicted octanol–water partition coefficient (Wildman–Crippen LogP) is 7.51. The normalized spacial score (nSPS) is 17.6. The number of nitrogens with one attached hydrogen (secondary N) is 2. The van der Waals surface area contributed by atoms with Gasteiger partial charge in [-0.1, -0.05) is 36.2 Å². The van der Waals surface area contributed by atoms with Gasteiger partial charge < -0.3 is 20.1 Å². The Hall–Kier alpha value is -3.75. The van der Waals surface area contributed by atoms with Gasteiger partial charge in [0, 0.05) is 36.7 Å². The van der Waals surface area contributed by atoms with Crippen molar-refractivity contribution in [2.75, 3.05) is 5.32 Å². The van der Waals surface area contributed by atoms with Crippen LogP contribution >= 0.6 is 11.6 Å². The number of benzene rings is 2. The molecule has 0 spiro atoms. The van der Waals surface area contributed by atoms with Gasteiger partial charge in [-0.3, -0.25) is 9.59 Å². The number of ketones is 2. The molecule has 4 aromatic rings. The molecule has 2 heterocycles. The van der Waals surface area contributed by atoms with Gasteiger partial charge >= 0.3 is 0 Å². The molecule has 220 valence electrons. The second-order valence-corrected chi connectivity index (χ2v) is 11.6. The largest absolute Gasteiger partial charge is 0.457 e. The molecule has 2 aromatic heterocycles. The molecule has 0 aliphatic heterocycles. The first-order chi connectivity index (χ1) is 20.4. The van der Waals surface area contributed by atoms with Crippen LogP contribution in [0.2, 0.25) is 5.02 Å². The fraction of sp³-hybridized carbons (Fsp3) is 0.394. The number of ether oxygens (including phenoxy) is 1. The number of halogens is 1. The Morgan fingerprint density at radius 3 is 2.57 bits per heavy atom. The van der Waals surface area contributed by atoms with Gasteiger partial charge in [0.25, 0.3) is 0 Å². The maximum Gasteiger partial charge on any atom is 0.196 e. The topological polar surface area (TPSA) is 117 Å². The summed E-state index contributed by atoms with van der Waals surface area (Å²) in [4.78, 5) is 38.0. The molecule has 1 atom stereocenters. The van der Waals surface area contributed by atoms with E-state index in [2.05, 4.69) is 20.3 Å². The van der Waals surface area contributed by atoms with Gasteiger partial charge in [0.15, 0.2) is 5.78 Å². The van der Waals surface area contributed by atoms with Crippen LogP contribution in [0, 0.1) is 5.92 Å². The number of hydrogen-bond donors (Lipinski definition) is 3. The van der Waals surface area contributed by atoms with E-state index in [4.69, 9.17) is 16.3 Å². The van der Waals surface area contributed by atoms with E-state index in [1.165, 1.54) is 6.33 Å². The van der Waals surface area contributed by atoms with Gasteiger partial charge in [0.1, 0.15) is 35.1 Å². The molecule has 42 heavy (non-hydrogen) atoms. The number of carbonyl (C=O) groups excluding carboxylic acids is 2. The quantitative estimate of drug-likeness (QED) is 0.109. The minimum atomic E-state index is -0.302. The number of aliphatic hydroxyl groups is 1. The summed E-state index contributed by atoms with van der Waals surface area (Å²) >= 11 is 6.56. The Balaban J connectivity index is 1.22. The molecule has 2 aromatic carbocycles. The summed E-state index contributed by atoms with van der Waals surface area (Å²) in [7, 11) is 0. The first-order valence-electron chi connectivity index (χ1n) is 14.7. The van der Waals surface area contributed by atoms with Crippen LogP contribution in [0.3, 0.4) is 0 Å². The summed E-state index contributed by atoms with van der Waals surface area (Å²) in [6.07, 6.45) is 10.3. The highest BCUT2D eigenvalue weighted by Crippen LogP contribution is 2.34. The highest BCUT2D eigenvalue weighted by atomic mass is 35.5. The third-order valence-electron chi connectivity index (χ3n) is 7.91. The first kappa shape index (κ1) is 29.7. The molecule has 0 saturated heterocycles. The molecular weight excluding hydrogens is 552 g/mol. The van der Waals surface area contributed by atoms with Gasteiger partial charge in [0.05, 0.1) is 22.1 Å². The molecular formula is C33H37ClN4O4. The zero-order valence-corrected chi connectivity index (χ0v) is 24.6. The summed E-state index contributed by atoms with van der Waals surface area (Å²) in [5, 5.41) is 13.9. The fourth-order valence-corrected chi connectivity index (χ4v) is 5.91. The Bertz CT molecular complexity index is 1510. The van der Waals surface area contributed by atoms with Crippen LogP contribution in [0.25, 0.3) is 11.0 Å². The molecule has 9 heteroatoms. The van der Waals surface area contributed by atoms with Crippen LogP contribution in [0.1, 0.15) is 80.6 Å². The number of anilines is 1. The molecule has 1 unspecified atom stereocenters. The van der Waals surface area contributed by atoms with E-state index in [1.807, 2.05) is 30.3 Å². The number of rotatable bonds is 13. The summed E-state index contributed by atoms with van der Waals surface area (Å²) in [6.45, 7) is 1.78. The molecule has 1 aliphatic rings. The van der Waals surface area contributed by atoms with Crippen LogP contribution < -0.4 is 10.1 Å². The first-order valence-corrected chi connectivity index (χ1v) is 15.1. The lowest BCUT2D eigenvalue weighted by Gasteiger charge is -2.29. The molecule has 0 radical (unpaired) electrons. The van der Waals surface area contributed by atoms with E-state index in [9.17, 15) is 14.7 Å². The lowest BCUT2D eigenvalue weighted by molar-refractivity contribution is -0.120. The van der Waals surface area contributed by atoms with Crippen molar-refractivity contribution in [3.05, 3.63) is 77.2 Å². The van der Waals surface area contributed by atoms with Crippen molar-refractivity contribution in [1.29, 1.82) is 0 Å². The van der Waals surface area contributed by atoms with Crippen molar-refractivity contribution in [2.45, 2.75) is 76.9 Å². The smallest absolute Gasteiger partial charge is 0.196 e. The highest BCUT2D eigenvalue weighted by molar-refractivity contribution is 6.35. The summed E-state index contributed by atoms with van der Waals surface area (Å²) in [5.41, 5.74) is 1.39. The molecule has 0 bridgehead atoms. The minimum Gasteiger partial charge on any atom is -0.457 e. The number of hydrogen-bond acceptors (Lipinski definition) is 7. The standard InChI is InChI=1S/C33H37ClN4O4/c1-21(39)7-5-6-8-24(40)17-22-11-13-23(14-12-22)38-33-30-28(19-35-32(30)36-20-37-33)31(41)27-16-15-26(18-29(27)34)42-25-9-3-2-4-10-25/h2-4,9-10,15-16,18-23,39H,5-8,11-14,17H2,1H3,(H2,35,36,37,38). The van der Waals surface area contributed by atoms with E-state index in [-0.39, 0.29) is 17.9 Å². The van der Waals surface area contributed by atoms with E-state index in [0.29, 0.717) is 69.0 Å². The number of para-hydroxylation sites is 1. The van der Waals surface area contributed by atoms with E-state index in [1.54, 1.807) is 31.3 Å². The van der Waals surface area contributed by atoms with Gasteiger partial charge in [-0.05, 0) is 75.6 Å². The highest BCUT2D eigenvalue weighted by Gasteiger charge is 2.26. The average Bonchev–Trinajstić information content (AvgIpc) is 3.42. The van der Waals surface area contributed by atoms with Gasteiger partial charge in [-0.15, -0.1) is 0 Å². The van der Waals surface area contributed by atoms with Crippen LogP contribution in [0.5, 0.6) is 11.5 Å². The molecule has 3 N–H and O–H groups in total. The van der Waals surface area contributed by atoms with E-state index >= 15 is 0 Å². The Labute approximate surface area is 250 Å². The van der Waals surface area contributed by atoms with Crippen molar-refractivity contribution in [3.8, 4) is 11.5 Å². The average molecular weight is 589 g/mol. The Morgan fingerprint density at radius 2 is 1.83 bits per heavy atom. The molecule has 1 aliphatic carbocycles. The van der Waals surface area contributed by atoms with E-state index < -0.39 is 0 Å². The van der Waals surface area contributed by atoms with Crippen LogP contribution in [0.15, 0.2) is 61.1 Å². The third kappa shape index (κ3) is 7.55. The lowest BCUT2D eigenvalue weighted by atomic mass is 9.82. The van der Waals surface area contributed by atoms with Crippen molar-refractivity contribution in [2.24, 2.45) is 5.92 Å². The van der Waals surface area contributed by atoms with Gasteiger partial charge in [0.2, 0.25) is 0 Å². The maximum atomic E-state index is 13.7. The molecule has 0 amide bonds. The van der Waals surface area contributed by atoms with Crippen molar-refractivity contribution in [3.63, 3.8) is 0 Å². The minimum absolute atomic E-state index is 0.191. The van der Waals surface area contributed by atoms with E-state index in [0.717, 1.165) is 44.9 Å². The number of unbranched alkanes of at least 4 members (excludes halogenated alkanes) is 1. The number of H-pyrrole nitrogens is 1. The molecule has 5 rings (SSSR count). The van der Waals surface area contributed by atoms with Crippen molar-refractivity contribution < 1.29 is 19.4 Å². The predicted molar refractivity (Wildman–Crippen MR) is 164 cm³/mol. The van der Waals surface area contributed by atoms with Crippen molar-refractivity contribution >= 4 is 40.0 Å². The Kier molecular flexibility index (Phi) is 9.87. The monoisotopic (exact) mass is 588 g/mol. The second kappa shape index (κ2) is 13.9. The van der Waals surface area contributed by atoms with Crippen LogP contribution in [0.4, 0.5) is 5.82 Å². The molecule has 1 fully saturated rings. The number of fused-ring (bicyclic) bond motifs is 1. The second-order valence-electron chi connectivity index (χ2n) is 11.2.